The minimum absolute atomic E-state index is 0.751. The van der Waals surface area contributed by atoms with Gasteiger partial charge in [0, 0.05) is 9.75 Å². The Morgan fingerprint density at radius 3 is 1.59 bits per heavy atom. The maximum absolute atomic E-state index is 4.23. The number of thiophene rings is 2. The fraction of sp³-hybridized carbons (Fsp3) is 0. The summed E-state index contributed by atoms with van der Waals surface area (Å²) in [6.07, 6.45) is 0. The van der Waals surface area contributed by atoms with E-state index in [1.165, 1.54) is 0 Å². The quantitative estimate of drug-likeness (QED) is 0.670. The molecule has 0 fully saturated rings. The van der Waals surface area contributed by atoms with Crippen LogP contribution in [0, 0.1) is 0 Å². The summed E-state index contributed by atoms with van der Waals surface area (Å²) in [5, 5.41) is 30.2. The van der Waals surface area contributed by atoms with E-state index in [0.717, 1.165) is 43.0 Å². The van der Waals surface area contributed by atoms with Gasteiger partial charge in [0.05, 0.1) is 11.1 Å². The number of nitrogens with zero attached hydrogens (tertiary/aromatic N) is 6. The molecule has 2 aliphatic heterocycles. The van der Waals surface area contributed by atoms with Crippen molar-refractivity contribution in [1.29, 1.82) is 0 Å². The minimum Gasteiger partial charge on any atom is -0.144 e. The maximum atomic E-state index is 4.23. The summed E-state index contributed by atoms with van der Waals surface area (Å²) in [5.41, 5.74) is 3.33. The van der Waals surface area contributed by atoms with E-state index in [1.807, 2.05) is 35.0 Å². The summed E-state index contributed by atoms with van der Waals surface area (Å²) in [6.45, 7) is 0. The lowest BCUT2D eigenvalue weighted by Crippen LogP contribution is -2.15. The van der Waals surface area contributed by atoms with E-state index in [2.05, 4.69) is 30.9 Å². The Bertz CT molecular complexity index is 974. The van der Waals surface area contributed by atoms with Crippen LogP contribution in [0.25, 0.3) is 20.9 Å². The first-order valence-electron chi connectivity index (χ1n) is 6.48. The van der Waals surface area contributed by atoms with Crippen LogP contribution in [0.15, 0.2) is 65.9 Å². The topological polar surface area (TPSA) is 74.2 Å². The van der Waals surface area contributed by atoms with Crippen molar-refractivity contribution >= 4 is 34.0 Å². The Balaban J connectivity index is 1.98. The zero-order chi connectivity index (χ0) is 14.5. The fourth-order valence-electron chi connectivity index (χ4n) is 2.62. The second kappa shape index (κ2) is 4.46. The molecule has 2 aliphatic rings. The van der Waals surface area contributed by atoms with Crippen molar-refractivity contribution < 1.29 is 0 Å². The molecular weight excluding hydrogens is 316 g/mol. The number of hydrogen-bond donors (Lipinski definition) is 0. The molecule has 0 amide bonds. The SMILES string of the molecule is c1csc(-c2c3c(c(-c4cccs4)c4c2=NN=N4)=NN=N3)c1. The second-order valence-electron chi connectivity index (χ2n) is 4.68. The highest BCUT2D eigenvalue weighted by Crippen LogP contribution is 2.38. The van der Waals surface area contributed by atoms with Gasteiger partial charge < -0.3 is 0 Å². The molecule has 6 nitrogen and oxygen atoms in total. The largest absolute Gasteiger partial charge is 0.144 e. The first-order chi connectivity index (χ1) is 10.9. The Hall–Kier alpha value is -2.58. The van der Waals surface area contributed by atoms with Gasteiger partial charge in [0.15, 0.2) is 0 Å². The Morgan fingerprint density at radius 1 is 0.682 bits per heavy atom. The highest BCUT2D eigenvalue weighted by atomic mass is 32.1. The van der Waals surface area contributed by atoms with Gasteiger partial charge in [-0.05, 0) is 33.3 Å². The van der Waals surface area contributed by atoms with E-state index < -0.39 is 0 Å². The first kappa shape index (κ1) is 12.0. The van der Waals surface area contributed by atoms with Gasteiger partial charge in [-0.15, -0.1) is 43.1 Å². The van der Waals surface area contributed by atoms with E-state index in [4.69, 9.17) is 0 Å². The van der Waals surface area contributed by atoms with Crippen molar-refractivity contribution in [2.75, 3.05) is 0 Å². The minimum atomic E-state index is 0.751. The Kier molecular flexibility index (Phi) is 2.43. The molecular formula is C14H6N6S2. The molecule has 0 saturated carbocycles. The molecule has 8 heteroatoms. The third-order valence-electron chi connectivity index (χ3n) is 3.51. The van der Waals surface area contributed by atoms with Crippen LogP contribution in [0.1, 0.15) is 0 Å². The molecule has 3 aromatic rings. The van der Waals surface area contributed by atoms with Crippen LogP contribution in [0.4, 0.5) is 11.4 Å². The molecule has 0 saturated heterocycles. The van der Waals surface area contributed by atoms with Crippen molar-refractivity contribution in [3.8, 4) is 20.9 Å². The van der Waals surface area contributed by atoms with Crippen LogP contribution in [0.5, 0.6) is 0 Å². The fourth-order valence-corrected chi connectivity index (χ4v) is 4.16. The molecule has 0 radical (unpaired) electrons. The Morgan fingerprint density at radius 2 is 1.18 bits per heavy atom. The molecule has 0 atom stereocenters. The van der Waals surface area contributed by atoms with Crippen LogP contribution in [-0.4, -0.2) is 0 Å². The van der Waals surface area contributed by atoms with Gasteiger partial charge in [0.1, 0.15) is 22.1 Å². The van der Waals surface area contributed by atoms with Crippen LogP contribution < -0.4 is 10.7 Å². The lowest BCUT2D eigenvalue weighted by Gasteiger charge is -2.06. The van der Waals surface area contributed by atoms with Crippen molar-refractivity contribution in [3.05, 3.63) is 45.7 Å². The van der Waals surface area contributed by atoms with Crippen molar-refractivity contribution in [2.45, 2.75) is 0 Å². The van der Waals surface area contributed by atoms with Gasteiger partial charge >= 0.3 is 0 Å². The summed E-state index contributed by atoms with van der Waals surface area (Å²) in [7, 11) is 0. The smallest absolute Gasteiger partial charge is 0.127 e. The number of fused-ring (bicyclic) bond motifs is 2. The van der Waals surface area contributed by atoms with Gasteiger partial charge in [-0.3, -0.25) is 0 Å². The summed E-state index contributed by atoms with van der Waals surface area (Å²) < 4.78 is 0. The molecule has 104 valence electrons. The molecule has 0 bridgehead atoms. The molecule has 5 rings (SSSR count). The molecule has 2 aromatic heterocycles. The average molecular weight is 322 g/mol. The zero-order valence-electron chi connectivity index (χ0n) is 11.0. The summed E-state index contributed by atoms with van der Waals surface area (Å²) in [6, 6.07) is 8.07. The van der Waals surface area contributed by atoms with Crippen LogP contribution >= 0.6 is 22.7 Å². The standard InChI is InChI=1S/C14H6N6S2/c1-3-7(21-5-1)9-11-13(17-19-15-11)10(8-4-2-6-22-8)14-12(9)16-20-18-14/h1-6H. The summed E-state index contributed by atoms with van der Waals surface area (Å²) in [4.78, 5) is 2.13. The van der Waals surface area contributed by atoms with Gasteiger partial charge in [-0.25, -0.2) is 0 Å². The van der Waals surface area contributed by atoms with Gasteiger partial charge in [0.2, 0.25) is 0 Å². The van der Waals surface area contributed by atoms with Crippen LogP contribution in [0.3, 0.4) is 0 Å². The highest BCUT2D eigenvalue weighted by Gasteiger charge is 2.26. The van der Waals surface area contributed by atoms with Crippen LogP contribution in [0.2, 0.25) is 0 Å². The van der Waals surface area contributed by atoms with E-state index >= 15 is 0 Å². The third-order valence-corrected chi connectivity index (χ3v) is 5.28. The van der Waals surface area contributed by atoms with Crippen molar-refractivity contribution in [1.82, 2.24) is 0 Å². The van der Waals surface area contributed by atoms with E-state index in [1.54, 1.807) is 22.7 Å². The van der Waals surface area contributed by atoms with Crippen molar-refractivity contribution in [3.63, 3.8) is 0 Å². The van der Waals surface area contributed by atoms with E-state index in [9.17, 15) is 0 Å². The Labute approximate surface area is 131 Å². The second-order valence-corrected chi connectivity index (χ2v) is 6.57. The number of benzene rings is 1. The lowest BCUT2D eigenvalue weighted by molar-refractivity contribution is 1.07. The molecule has 4 heterocycles. The molecule has 0 N–H and O–H groups in total. The number of hydrogen-bond acceptors (Lipinski definition) is 8. The van der Waals surface area contributed by atoms with Gasteiger partial charge in [-0.2, -0.15) is 0 Å². The molecule has 0 aliphatic carbocycles. The number of rotatable bonds is 2. The molecule has 0 unspecified atom stereocenters. The maximum Gasteiger partial charge on any atom is 0.127 e. The van der Waals surface area contributed by atoms with Crippen molar-refractivity contribution in [2.24, 2.45) is 30.9 Å². The third kappa shape index (κ3) is 1.53. The molecule has 22 heavy (non-hydrogen) atoms. The van der Waals surface area contributed by atoms with Gasteiger partial charge in [0.25, 0.3) is 0 Å². The van der Waals surface area contributed by atoms with E-state index in [0.29, 0.717) is 0 Å². The molecule has 0 spiro atoms. The predicted octanol–water partition coefficient (Wildman–Crippen LogP) is 4.41. The first-order valence-corrected chi connectivity index (χ1v) is 8.24. The zero-order valence-corrected chi connectivity index (χ0v) is 12.6. The molecule has 1 aromatic carbocycles. The van der Waals surface area contributed by atoms with Crippen LogP contribution in [-0.2, 0) is 0 Å². The average Bonchev–Trinajstić information content (AvgIpc) is 3.29. The van der Waals surface area contributed by atoms with Gasteiger partial charge in [-0.1, -0.05) is 12.1 Å². The highest BCUT2D eigenvalue weighted by molar-refractivity contribution is 7.14. The monoisotopic (exact) mass is 322 g/mol. The summed E-state index contributed by atoms with van der Waals surface area (Å²) >= 11 is 3.25. The predicted molar refractivity (Wildman–Crippen MR) is 84.4 cm³/mol. The van der Waals surface area contributed by atoms with E-state index in [-0.39, 0.29) is 0 Å². The normalized spacial score (nSPS) is 13.8. The summed E-state index contributed by atoms with van der Waals surface area (Å²) in [5.74, 6) is 0. The lowest BCUT2D eigenvalue weighted by atomic mass is 10.0.